The van der Waals surface area contributed by atoms with Gasteiger partial charge in [0.25, 0.3) is 0 Å². The lowest BCUT2D eigenvalue weighted by atomic mass is 10.1. The first-order valence-corrected chi connectivity index (χ1v) is 8.71. The molecule has 1 aromatic heterocycles. The topological polar surface area (TPSA) is 72.4 Å². The molecule has 0 aliphatic carbocycles. The predicted octanol–water partition coefficient (Wildman–Crippen LogP) is 2.64. The van der Waals surface area contributed by atoms with Crippen LogP contribution in [0, 0.1) is 0 Å². The number of rotatable bonds is 2. The van der Waals surface area contributed by atoms with Crippen LogP contribution in [-0.2, 0) is 15.5 Å². The molecule has 0 unspecified atom stereocenters. The minimum Gasteiger partial charge on any atom is -0.444 e. The number of amides is 1. The minimum absolute atomic E-state index is 0.174. The first-order valence-electron chi connectivity index (χ1n) is 7.12. The standard InChI is InChI=1S/C14H20ClN3O3S/c1-14(2,3)21-13(19)18-6-4-5-10(8-18)22(20)12-7-11(15)16-9-17-12/h7,9-10H,4-6,8H2,1-3H3/t10-,22+/m0/s1. The molecule has 0 aromatic carbocycles. The van der Waals surface area contributed by atoms with Gasteiger partial charge in [0.1, 0.15) is 22.1 Å². The number of hydrogen-bond acceptors (Lipinski definition) is 5. The van der Waals surface area contributed by atoms with Crippen molar-refractivity contribution in [2.75, 3.05) is 13.1 Å². The second-order valence-corrected chi connectivity index (χ2v) is 8.23. The second kappa shape index (κ2) is 6.91. The van der Waals surface area contributed by atoms with Gasteiger partial charge in [-0.3, -0.25) is 4.21 Å². The van der Waals surface area contributed by atoms with Crippen LogP contribution in [0.1, 0.15) is 33.6 Å². The van der Waals surface area contributed by atoms with Gasteiger partial charge >= 0.3 is 6.09 Å². The molecule has 1 aromatic rings. The molecule has 2 rings (SSSR count). The minimum atomic E-state index is -1.33. The van der Waals surface area contributed by atoms with E-state index < -0.39 is 16.4 Å². The van der Waals surface area contributed by atoms with Crippen LogP contribution in [0.3, 0.4) is 0 Å². The van der Waals surface area contributed by atoms with Crippen LogP contribution < -0.4 is 0 Å². The van der Waals surface area contributed by atoms with Crippen LogP contribution in [0.4, 0.5) is 4.79 Å². The van der Waals surface area contributed by atoms with Crippen LogP contribution in [0.5, 0.6) is 0 Å². The Balaban J connectivity index is 2.04. The van der Waals surface area contributed by atoms with Gasteiger partial charge in [0, 0.05) is 19.2 Å². The van der Waals surface area contributed by atoms with E-state index in [2.05, 4.69) is 9.97 Å². The van der Waals surface area contributed by atoms with E-state index in [0.29, 0.717) is 18.1 Å². The van der Waals surface area contributed by atoms with Crippen molar-refractivity contribution < 1.29 is 13.7 Å². The van der Waals surface area contributed by atoms with Crippen LogP contribution in [-0.4, -0.2) is 49.1 Å². The molecule has 22 heavy (non-hydrogen) atoms. The van der Waals surface area contributed by atoms with Crippen molar-refractivity contribution >= 4 is 28.5 Å². The Morgan fingerprint density at radius 2 is 2.18 bits per heavy atom. The molecule has 1 aliphatic heterocycles. The van der Waals surface area contributed by atoms with Gasteiger partial charge in [0.05, 0.1) is 16.0 Å². The van der Waals surface area contributed by atoms with E-state index in [4.69, 9.17) is 16.3 Å². The first-order chi connectivity index (χ1) is 10.3. The smallest absolute Gasteiger partial charge is 0.410 e. The van der Waals surface area contributed by atoms with E-state index in [0.717, 1.165) is 12.8 Å². The van der Waals surface area contributed by atoms with Crippen molar-refractivity contribution in [1.82, 2.24) is 14.9 Å². The number of likely N-dealkylation sites (tertiary alicyclic amines) is 1. The Bertz CT molecular complexity index is 577. The third kappa shape index (κ3) is 4.64. The maximum atomic E-state index is 12.6. The molecule has 0 radical (unpaired) electrons. The van der Waals surface area contributed by atoms with Gasteiger partial charge in [0.15, 0.2) is 0 Å². The van der Waals surface area contributed by atoms with Gasteiger partial charge in [0.2, 0.25) is 0 Å². The molecular weight excluding hydrogens is 326 g/mol. The molecule has 1 fully saturated rings. The van der Waals surface area contributed by atoms with Crippen molar-refractivity contribution in [2.45, 2.75) is 49.5 Å². The fourth-order valence-corrected chi connectivity index (χ4v) is 3.83. The van der Waals surface area contributed by atoms with Crippen LogP contribution in [0.15, 0.2) is 17.4 Å². The van der Waals surface area contributed by atoms with Gasteiger partial charge in [-0.15, -0.1) is 0 Å². The fraction of sp³-hybridized carbons (Fsp3) is 0.643. The van der Waals surface area contributed by atoms with Gasteiger partial charge in [-0.2, -0.15) is 0 Å². The molecule has 6 nitrogen and oxygen atoms in total. The van der Waals surface area contributed by atoms with Crippen molar-refractivity contribution in [3.63, 3.8) is 0 Å². The van der Waals surface area contributed by atoms with Crippen LogP contribution in [0.25, 0.3) is 0 Å². The number of carbonyl (C=O) groups is 1. The van der Waals surface area contributed by atoms with Crippen molar-refractivity contribution in [1.29, 1.82) is 0 Å². The third-order valence-electron chi connectivity index (χ3n) is 3.15. The first kappa shape index (κ1) is 17.1. The summed E-state index contributed by atoms with van der Waals surface area (Å²) in [6.45, 7) is 6.49. The highest BCUT2D eigenvalue weighted by Gasteiger charge is 2.31. The third-order valence-corrected chi connectivity index (χ3v) is 4.98. The summed E-state index contributed by atoms with van der Waals surface area (Å²) in [5.74, 6) is 0. The predicted molar refractivity (Wildman–Crippen MR) is 84.3 cm³/mol. The van der Waals surface area contributed by atoms with Gasteiger partial charge in [-0.25, -0.2) is 14.8 Å². The molecule has 1 saturated heterocycles. The number of hydrogen-bond donors (Lipinski definition) is 0. The van der Waals surface area contributed by atoms with E-state index in [1.54, 1.807) is 4.90 Å². The highest BCUT2D eigenvalue weighted by atomic mass is 35.5. The normalized spacial score (nSPS) is 20.5. The van der Waals surface area contributed by atoms with Gasteiger partial charge in [-0.05, 0) is 33.6 Å². The molecule has 0 saturated carbocycles. The van der Waals surface area contributed by atoms with Crippen molar-refractivity contribution in [2.24, 2.45) is 0 Å². The molecule has 2 heterocycles. The average Bonchev–Trinajstić information content (AvgIpc) is 2.45. The molecule has 2 atom stereocenters. The lowest BCUT2D eigenvalue weighted by Crippen LogP contribution is -2.45. The summed E-state index contributed by atoms with van der Waals surface area (Å²) >= 11 is 5.81. The van der Waals surface area contributed by atoms with Crippen LogP contribution in [0.2, 0.25) is 5.15 Å². The number of aromatic nitrogens is 2. The summed E-state index contributed by atoms with van der Waals surface area (Å²) < 4.78 is 18.0. The number of nitrogens with zero attached hydrogens (tertiary/aromatic N) is 3. The second-order valence-electron chi connectivity index (χ2n) is 6.17. The zero-order valence-electron chi connectivity index (χ0n) is 12.9. The molecule has 1 amide bonds. The van der Waals surface area contributed by atoms with Crippen molar-refractivity contribution in [3.8, 4) is 0 Å². The number of piperidine rings is 1. The Morgan fingerprint density at radius 3 is 2.82 bits per heavy atom. The highest BCUT2D eigenvalue weighted by molar-refractivity contribution is 7.85. The summed E-state index contributed by atoms with van der Waals surface area (Å²) in [6.07, 6.45) is 2.49. The molecule has 0 bridgehead atoms. The quantitative estimate of drug-likeness (QED) is 0.770. The monoisotopic (exact) mass is 345 g/mol. The van der Waals surface area contributed by atoms with Crippen LogP contribution >= 0.6 is 11.6 Å². The maximum Gasteiger partial charge on any atom is 0.410 e. The van der Waals surface area contributed by atoms with E-state index in [-0.39, 0.29) is 16.5 Å². The molecule has 1 aliphatic rings. The van der Waals surface area contributed by atoms with Gasteiger partial charge in [-0.1, -0.05) is 11.6 Å². The van der Waals surface area contributed by atoms with E-state index in [1.165, 1.54) is 12.4 Å². The maximum absolute atomic E-state index is 12.6. The average molecular weight is 346 g/mol. The molecule has 122 valence electrons. The summed E-state index contributed by atoms with van der Waals surface area (Å²) in [6, 6.07) is 1.50. The largest absolute Gasteiger partial charge is 0.444 e. The summed E-state index contributed by atoms with van der Waals surface area (Å²) in [5.41, 5.74) is -0.538. The van der Waals surface area contributed by atoms with E-state index >= 15 is 0 Å². The van der Waals surface area contributed by atoms with Crippen molar-refractivity contribution in [3.05, 3.63) is 17.5 Å². The molecule has 0 N–H and O–H groups in total. The lowest BCUT2D eigenvalue weighted by Gasteiger charge is -2.33. The Hall–Kier alpha value is -1.21. The zero-order chi connectivity index (χ0) is 16.3. The molecule has 8 heteroatoms. The Labute approximate surface area is 137 Å². The zero-order valence-corrected chi connectivity index (χ0v) is 14.5. The highest BCUT2D eigenvalue weighted by Crippen LogP contribution is 2.22. The molecular formula is C14H20ClN3O3S. The Morgan fingerprint density at radius 1 is 1.45 bits per heavy atom. The lowest BCUT2D eigenvalue weighted by molar-refractivity contribution is 0.0219. The number of ether oxygens (including phenoxy) is 1. The number of carbonyl (C=O) groups excluding carboxylic acids is 1. The Kier molecular flexibility index (Phi) is 5.39. The number of halogens is 1. The molecule has 0 spiro atoms. The summed E-state index contributed by atoms with van der Waals surface area (Å²) in [7, 11) is -1.33. The summed E-state index contributed by atoms with van der Waals surface area (Å²) in [5, 5.41) is 0.487. The fourth-order valence-electron chi connectivity index (χ4n) is 2.20. The van der Waals surface area contributed by atoms with Gasteiger partial charge < -0.3 is 9.64 Å². The van der Waals surface area contributed by atoms with E-state index in [1.807, 2.05) is 20.8 Å². The van der Waals surface area contributed by atoms with E-state index in [9.17, 15) is 9.00 Å². The summed E-state index contributed by atoms with van der Waals surface area (Å²) in [4.78, 5) is 21.5. The SMILES string of the molecule is CC(C)(C)OC(=O)N1CCC[C@H]([S@@](=O)c2cc(Cl)ncn2)C1.